The molecular formula is C27H28N6O3. The molecule has 2 aromatic carbocycles. The van der Waals surface area contributed by atoms with Crippen LogP contribution in [0.15, 0.2) is 65.8 Å². The summed E-state index contributed by atoms with van der Waals surface area (Å²) in [6.45, 7) is 2.41. The van der Waals surface area contributed by atoms with E-state index >= 15 is 0 Å². The lowest BCUT2D eigenvalue weighted by Crippen LogP contribution is -2.45. The van der Waals surface area contributed by atoms with Gasteiger partial charge in [0.1, 0.15) is 12.6 Å². The first-order valence-corrected chi connectivity index (χ1v) is 12.2. The summed E-state index contributed by atoms with van der Waals surface area (Å²) in [6, 6.07) is 14.4. The van der Waals surface area contributed by atoms with Gasteiger partial charge in [-0.1, -0.05) is 12.1 Å². The van der Waals surface area contributed by atoms with Crippen molar-refractivity contribution < 1.29 is 9.59 Å². The van der Waals surface area contributed by atoms with E-state index in [4.69, 9.17) is 0 Å². The number of nitrogens with one attached hydrogen (secondary N) is 1. The van der Waals surface area contributed by atoms with Gasteiger partial charge in [-0.3, -0.25) is 18.7 Å². The van der Waals surface area contributed by atoms with Crippen LogP contribution >= 0.6 is 0 Å². The van der Waals surface area contributed by atoms with Gasteiger partial charge in [0.05, 0.1) is 23.1 Å². The SMILES string of the molecule is Cc1cn(-c2ccc(NC(=O)[C@@H]3CC4(CC4)CN3C(=O)Cn3c(=O)n(C)c4ccccc43)cc2)cn1. The molecule has 0 unspecified atom stereocenters. The Balaban J connectivity index is 1.21. The highest BCUT2D eigenvalue weighted by Gasteiger charge is 2.55. The fourth-order valence-corrected chi connectivity index (χ4v) is 5.34. The van der Waals surface area contributed by atoms with Crippen LogP contribution in [0.1, 0.15) is 25.0 Å². The van der Waals surface area contributed by atoms with Crippen LogP contribution in [0.25, 0.3) is 16.7 Å². The van der Waals surface area contributed by atoms with Crippen molar-refractivity contribution in [2.24, 2.45) is 12.5 Å². The molecule has 2 fully saturated rings. The van der Waals surface area contributed by atoms with Crippen molar-refractivity contribution in [3.63, 3.8) is 0 Å². The smallest absolute Gasteiger partial charge is 0.329 e. The lowest BCUT2D eigenvalue weighted by Gasteiger charge is -2.24. The minimum absolute atomic E-state index is 0.0323. The van der Waals surface area contributed by atoms with Crippen molar-refractivity contribution in [3.8, 4) is 5.69 Å². The van der Waals surface area contributed by atoms with Crippen LogP contribution in [-0.4, -0.2) is 48.0 Å². The van der Waals surface area contributed by atoms with Gasteiger partial charge in [0.15, 0.2) is 0 Å². The van der Waals surface area contributed by atoms with Crippen molar-refractivity contribution in [2.45, 2.75) is 38.8 Å². The number of likely N-dealkylation sites (tertiary alicyclic amines) is 1. The van der Waals surface area contributed by atoms with Gasteiger partial charge in [-0.2, -0.15) is 0 Å². The van der Waals surface area contributed by atoms with E-state index in [1.807, 2.05) is 66.2 Å². The largest absolute Gasteiger partial charge is 0.329 e. The molecule has 0 bridgehead atoms. The molecule has 1 aliphatic heterocycles. The van der Waals surface area contributed by atoms with E-state index in [0.29, 0.717) is 24.2 Å². The van der Waals surface area contributed by atoms with Gasteiger partial charge in [-0.05, 0) is 68.0 Å². The van der Waals surface area contributed by atoms with Crippen molar-refractivity contribution >= 4 is 28.5 Å². The van der Waals surface area contributed by atoms with Gasteiger partial charge < -0.3 is 14.8 Å². The standard InChI is InChI=1S/C27H28N6O3/c1-18-14-31(17-28-18)20-9-7-19(8-10-20)29-25(35)23-13-27(11-12-27)16-33(23)24(34)15-32-22-6-4-3-5-21(22)30(2)26(32)36/h3-10,14,17,23H,11-13,15-16H2,1-2H3,(H,29,35)/t23-/m0/s1. The molecule has 9 nitrogen and oxygen atoms in total. The molecule has 1 aliphatic carbocycles. The number of nitrogens with zero attached hydrogens (tertiary/aromatic N) is 5. The number of aryl methyl sites for hydroxylation is 2. The van der Waals surface area contributed by atoms with Crippen LogP contribution in [0.2, 0.25) is 0 Å². The summed E-state index contributed by atoms with van der Waals surface area (Å²) in [5, 5.41) is 3.00. The summed E-state index contributed by atoms with van der Waals surface area (Å²) in [5.41, 5.74) is 3.84. The second-order valence-corrected chi connectivity index (χ2v) is 10.1. The predicted molar refractivity (Wildman–Crippen MR) is 136 cm³/mol. The molecule has 1 saturated heterocycles. The van der Waals surface area contributed by atoms with E-state index in [1.165, 1.54) is 4.57 Å². The molecule has 1 atom stereocenters. The van der Waals surface area contributed by atoms with Gasteiger partial charge in [-0.15, -0.1) is 0 Å². The summed E-state index contributed by atoms with van der Waals surface area (Å²) < 4.78 is 4.97. The van der Waals surface area contributed by atoms with Crippen LogP contribution in [0, 0.1) is 12.3 Å². The number of hydrogen-bond donors (Lipinski definition) is 1. The summed E-state index contributed by atoms with van der Waals surface area (Å²) >= 11 is 0. The second-order valence-electron chi connectivity index (χ2n) is 10.1. The highest BCUT2D eigenvalue weighted by atomic mass is 16.2. The Morgan fingerprint density at radius 2 is 1.81 bits per heavy atom. The topological polar surface area (TPSA) is 94.2 Å². The molecule has 2 aliphatic rings. The Morgan fingerprint density at radius 1 is 1.08 bits per heavy atom. The third-order valence-electron chi connectivity index (χ3n) is 7.58. The molecule has 4 aromatic rings. The molecule has 1 N–H and O–H groups in total. The molecule has 36 heavy (non-hydrogen) atoms. The maximum absolute atomic E-state index is 13.5. The third-order valence-corrected chi connectivity index (χ3v) is 7.58. The van der Waals surface area contributed by atoms with E-state index in [9.17, 15) is 14.4 Å². The van der Waals surface area contributed by atoms with E-state index in [1.54, 1.807) is 22.8 Å². The zero-order valence-electron chi connectivity index (χ0n) is 20.3. The summed E-state index contributed by atoms with van der Waals surface area (Å²) in [4.78, 5) is 45.6. The fourth-order valence-electron chi connectivity index (χ4n) is 5.34. The van der Waals surface area contributed by atoms with Crippen LogP contribution in [0.5, 0.6) is 0 Å². The number of fused-ring (bicyclic) bond motifs is 1. The van der Waals surface area contributed by atoms with E-state index in [-0.39, 0.29) is 29.5 Å². The van der Waals surface area contributed by atoms with Crippen molar-refractivity contribution in [2.75, 3.05) is 11.9 Å². The fraction of sp³-hybridized carbons (Fsp3) is 0.333. The second kappa shape index (κ2) is 8.22. The summed E-state index contributed by atoms with van der Waals surface area (Å²) in [6.07, 6.45) is 6.39. The molecule has 184 valence electrons. The summed E-state index contributed by atoms with van der Waals surface area (Å²) in [5.74, 6) is -0.396. The van der Waals surface area contributed by atoms with Gasteiger partial charge in [-0.25, -0.2) is 9.78 Å². The Kier molecular flexibility index (Phi) is 5.10. The first kappa shape index (κ1) is 22.3. The molecule has 2 amide bonds. The molecule has 2 aromatic heterocycles. The molecule has 0 radical (unpaired) electrons. The van der Waals surface area contributed by atoms with Gasteiger partial charge in [0, 0.05) is 31.2 Å². The van der Waals surface area contributed by atoms with Crippen LogP contribution < -0.4 is 11.0 Å². The lowest BCUT2D eigenvalue weighted by molar-refractivity contribution is -0.137. The zero-order chi connectivity index (χ0) is 25.0. The average Bonchev–Trinajstić information content (AvgIpc) is 3.20. The maximum atomic E-state index is 13.5. The molecule has 9 heteroatoms. The molecular weight excluding hydrogens is 456 g/mol. The number of aromatic nitrogens is 4. The van der Waals surface area contributed by atoms with Gasteiger partial charge >= 0.3 is 5.69 Å². The first-order chi connectivity index (χ1) is 17.3. The van der Waals surface area contributed by atoms with Crippen molar-refractivity contribution in [1.29, 1.82) is 0 Å². The number of benzene rings is 2. The molecule has 3 heterocycles. The van der Waals surface area contributed by atoms with Gasteiger partial charge in [0.2, 0.25) is 11.8 Å². The Bertz CT molecular complexity index is 1540. The number of hydrogen-bond acceptors (Lipinski definition) is 4. The third kappa shape index (κ3) is 3.80. The average molecular weight is 485 g/mol. The summed E-state index contributed by atoms with van der Waals surface area (Å²) in [7, 11) is 1.70. The minimum atomic E-state index is -0.554. The Labute approximate surface area is 208 Å². The highest BCUT2D eigenvalue weighted by molar-refractivity contribution is 5.98. The number of carbonyl (C=O) groups excluding carboxylic acids is 2. The number of rotatable bonds is 5. The Morgan fingerprint density at radius 3 is 2.47 bits per heavy atom. The van der Waals surface area contributed by atoms with Crippen LogP contribution in [0.3, 0.4) is 0 Å². The number of amides is 2. The van der Waals surface area contributed by atoms with E-state index in [0.717, 1.165) is 29.7 Å². The van der Waals surface area contributed by atoms with Crippen LogP contribution in [-0.2, 0) is 23.2 Å². The Hall–Kier alpha value is -4.14. The zero-order valence-corrected chi connectivity index (χ0v) is 20.3. The number of anilines is 1. The number of carbonyl (C=O) groups is 2. The first-order valence-electron chi connectivity index (χ1n) is 12.2. The minimum Gasteiger partial charge on any atom is -0.329 e. The lowest BCUT2D eigenvalue weighted by atomic mass is 10.0. The molecule has 1 saturated carbocycles. The predicted octanol–water partition coefficient (Wildman–Crippen LogP) is 2.85. The van der Waals surface area contributed by atoms with Crippen molar-refractivity contribution in [3.05, 3.63) is 77.2 Å². The van der Waals surface area contributed by atoms with Crippen molar-refractivity contribution in [1.82, 2.24) is 23.6 Å². The van der Waals surface area contributed by atoms with Gasteiger partial charge in [0.25, 0.3) is 0 Å². The maximum Gasteiger partial charge on any atom is 0.329 e. The van der Waals surface area contributed by atoms with Crippen LogP contribution in [0.4, 0.5) is 5.69 Å². The normalized spacial score (nSPS) is 18.2. The quantitative estimate of drug-likeness (QED) is 0.471. The van der Waals surface area contributed by atoms with E-state index < -0.39 is 6.04 Å². The highest BCUT2D eigenvalue weighted by Crippen LogP contribution is 2.55. The number of para-hydroxylation sites is 2. The number of imidazole rings is 2. The monoisotopic (exact) mass is 484 g/mol. The molecule has 1 spiro atoms. The molecule has 6 rings (SSSR count). The van der Waals surface area contributed by atoms with E-state index in [2.05, 4.69) is 10.3 Å².